The summed E-state index contributed by atoms with van der Waals surface area (Å²) in [6, 6.07) is 13.2. The molecular weight excluding hydrogens is 412 g/mol. The summed E-state index contributed by atoms with van der Waals surface area (Å²) in [4.78, 5) is 44.1. The Kier molecular flexibility index (Phi) is 5.36. The lowest BCUT2D eigenvalue weighted by atomic mass is 10.1. The summed E-state index contributed by atoms with van der Waals surface area (Å²) < 4.78 is 0.812. The van der Waals surface area contributed by atoms with E-state index < -0.39 is 23.8 Å². The second-order valence-electron chi connectivity index (χ2n) is 6.11. The van der Waals surface area contributed by atoms with Gasteiger partial charge in [0.25, 0.3) is 5.91 Å². The van der Waals surface area contributed by atoms with Gasteiger partial charge in [-0.1, -0.05) is 15.9 Å². The van der Waals surface area contributed by atoms with E-state index in [2.05, 4.69) is 26.2 Å². The number of carbonyl (C=O) groups is 3. The maximum absolute atomic E-state index is 12.7. The smallest absolute Gasteiger partial charge is 0.335 e. The number of halogens is 1. The van der Waals surface area contributed by atoms with Crippen molar-refractivity contribution in [2.45, 2.75) is 0 Å². The summed E-state index contributed by atoms with van der Waals surface area (Å²) in [5, 5.41) is 2.20. The van der Waals surface area contributed by atoms with Crippen LogP contribution in [0.5, 0.6) is 0 Å². The molecule has 2 aromatic rings. The number of benzene rings is 2. The quantitative estimate of drug-likeness (QED) is 0.598. The molecular formula is C19H17BrN4O3. The van der Waals surface area contributed by atoms with E-state index in [1.807, 2.05) is 31.1 Å². The maximum Gasteiger partial charge on any atom is 0.335 e. The summed E-state index contributed by atoms with van der Waals surface area (Å²) in [7, 11) is 3.86. The summed E-state index contributed by atoms with van der Waals surface area (Å²) in [5.74, 6) is -2.51. The van der Waals surface area contributed by atoms with Crippen LogP contribution >= 0.6 is 15.9 Å². The van der Waals surface area contributed by atoms with Crippen LogP contribution in [0, 0.1) is 5.92 Å². The van der Waals surface area contributed by atoms with E-state index in [9.17, 15) is 14.4 Å². The van der Waals surface area contributed by atoms with Crippen molar-refractivity contribution in [2.75, 3.05) is 23.9 Å². The number of anilines is 2. The topological polar surface area (TPSA) is 82.1 Å². The van der Waals surface area contributed by atoms with Gasteiger partial charge in [-0.15, -0.1) is 0 Å². The Hall–Kier alpha value is -3.00. The Morgan fingerprint density at radius 1 is 1.04 bits per heavy atom. The van der Waals surface area contributed by atoms with Gasteiger partial charge in [-0.05, 0) is 48.5 Å². The molecule has 1 fully saturated rings. The molecule has 1 aliphatic rings. The fourth-order valence-electron chi connectivity index (χ4n) is 2.55. The third-order valence-electron chi connectivity index (χ3n) is 4.03. The van der Waals surface area contributed by atoms with Gasteiger partial charge in [0.15, 0.2) is 5.92 Å². The van der Waals surface area contributed by atoms with E-state index in [-0.39, 0.29) is 0 Å². The number of hydrogen-bond donors (Lipinski definition) is 1. The fraction of sp³-hybridized carbons (Fsp3) is 0.158. The monoisotopic (exact) mass is 428 g/mol. The number of barbiturate groups is 1. The number of aliphatic imine (C=N–C) groups is 1. The predicted molar refractivity (Wildman–Crippen MR) is 108 cm³/mol. The third-order valence-corrected chi connectivity index (χ3v) is 4.55. The van der Waals surface area contributed by atoms with Crippen LogP contribution in [0.1, 0.15) is 0 Å². The number of carbonyl (C=O) groups excluding carboxylic acids is 3. The third kappa shape index (κ3) is 4.06. The highest BCUT2D eigenvalue weighted by Crippen LogP contribution is 2.23. The molecule has 0 unspecified atom stereocenters. The molecule has 0 aromatic heterocycles. The molecule has 0 bridgehead atoms. The van der Waals surface area contributed by atoms with Crippen LogP contribution in [0.15, 0.2) is 58.0 Å². The Morgan fingerprint density at radius 2 is 1.67 bits per heavy atom. The molecule has 0 radical (unpaired) electrons. The molecule has 1 aliphatic heterocycles. The normalized spacial score (nSPS) is 17.4. The molecule has 3 rings (SSSR count). The second-order valence-corrected chi connectivity index (χ2v) is 7.03. The van der Waals surface area contributed by atoms with E-state index in [1.165, 1.54) is 6.21 Å². The Labute approximate surface area is 164 Å². The van der Waals surface area contributed by atoms with Crippen LogP contribution in [0.3, 0.4) is 0 Å². The molecule has 4 amide bonds. The molecule has 1 saturated heterocycles. The highest BCUT2D eigenvalue weighted by Gasteiger charge is 2.40. The lowest BCUT2D eigenvalue weighted by molar-refractivity contribution is -0.131. The zero-order valence-electron chi connectivity index (χ0n) is 14.7. The van der Waals surface area contributed by atoms with E-state index >= 15 is 0 Å². The summed E-state index contributed by atoms with van der Waals surface area (Å²) in [6.45, 7) is 0. The number of amides is 4. The first-order valence-corrected chi connectivity index (χ1v) is 8.92. The first kappa shape index (κ1) is 18.8. The first-order chi connectivity index (χ1) is 12.9. The van der Waals surface area contributed by atoms with Crippen molar-refractivity contribution < 1.29 is 14.4 Å². The van der Waals surface area contributed by atoms with Crippen LogP contribution in [0.2, 0.25) is 0 Å². The van der Waals surface area contributed by atoms with Gasteiger partial charge in [0.1, 0.15) is 0 Å². The minimum atomic E-state index is -1.18. The van der Waals surface area contributed by atoms with Gasteiger partial charge >= 0.3 is 6.03 Å². The number of urea groups is 1. The minimum absolute atomic E-state index is 0.377. The molecule has 1 heterocycles. The van der Waals surface area contributed by atoms with E-state index in [0.29, 0.717) is 11.4 Å². The summed E-state index contributed by atoms with van der Waals surface area (Å²) in [6.07, 6.45) is 1.26. The molecule has 8 heteroatoms. The van der Waals surface area contributed by atoms with Crippen LogP contribution in [0.25, 0.3) is 0 Å². The zero-order chi connectivity index (χ0) is 19.6. The Balaban J connectivity index is 1.83. The fourth-order valence-corrected chi connectivity index (χ4v) is 2.82. The van der Waals surface area contributed by atoms with Crippen molar-refractivity contribution in [3.05, 3.63) is 53.0 Å². The van der Waals surface area contributed by atoms with Crippen LogP contribution in [-0.2, 0) is 9.59 Å². The number of nitrogens with zero attached hydrogens (tertiary/aromatic N) is 3. The van der Waals surface area contributed by atoms with E-state index in [4.69, 9.17) is 0 Å². The lowest BCUT2D eigenvalue weighted by Crippen LogP contribution is -2.58. The molecule has 0 saturated carbocycles. The zero-order valence-corrected chi connectivity index (χ0v) is 16.3. The van der Waals surface area contributed by atoms with Crippen molar-refractivity contribution in [3.63, 3.8) is 0 Å². The molecule has 0 spiro atoms. The van der Waals surface area contributed by atoms with Gasteiger partial charge in [0.05, 0.1) is 11.4 Å². The van der Waals surface area contributed by atoms with Crippen LogP contribution < -0.4 is 15.1 Å². The largest absolute Gasteiger partial charge is 0.378 e. The van der Waals surface area contributed by atoms with Gasteiger partial charge in [0.2, 0.25) is 5.91 Å². The molecule has 1 N–H and O–H groups in total. The maximum atomic E-state index is 12.7. The van der Waals surface area contributed by atoms with Crippen molar-refractivity contribution in [2.24, 2.45) is 10.9 Å². The number of hydrogen-bond acceptors (Lipinski definition) is 5. The van der Waals surface area contributed by atoms with Crippen molar-refractivity contribution >= 4 is 57.1 Å². The van der Waals surface area contributed by atoms with Crippen LogP contribution in [0.4, 0.5) is 21.9 Å². The SMILES string of the molecule is CN(C)c1ccc(N=C[C@@H]2C(=O)NC(=O)N(c3ccc(Br)cc3)C2=O)cc1. The Morgan fingerprint density at radius 3 is 2.26 bits per heavy atom. The Bertz CT molecular complexity index is 908. The standard InChI is InChI=1S/C19H17BrN4O3/c1-23(2)14-9-5-13(6-10-14)21-11-16-17(25)22-19(27)24(18(16)26)15-7-3-12(20)4-8-15/h3-11,16H,1-2H3,(H,22,25,27)/t16-/m1/s1. The van der Waals surface area contributed by atoms with Gasteiger partial charge in [-0.3, -0.25) is 19.9 Å². The summed E-state index contributed by atoms with van der Waals surface area (Å²) in [5.41, 5.74) is 1.99. The molecule has 7 nitrogen and oxygen atoms in total. The van der Waals surface area contributed by atoms with Gasteiger partial charge < -0.3 is 4.90 Å². The van der Waals surface area contributed by atoms with Gasteiger partial charge in [-0.2, -0.15) is 0 Å². The van der Waals surface area contributed by atoms with Crippen molar-refractivity contribution in [1.29, 1.82) is 0 Å². The highest BCUT2D eigenvalue weighted by atomic mass is 79.9. The van der Waals surface area contributed by atoms with Gasteiger partial charge in [-0.25, -0.2) is 9.69 Å². The molecule has 1 atom stereocenters. The predicted octanol–water partition coefficient (Wildman–Crippen LogP) is 3.12. The molecule has 27 heavy (non-hydrogen) atoms. The number of imide groups is 2. The lowest BCUT2D eigenvalue weighted by Gasteiger charge is -2.28. The number of nitrogens with one attached hydrogen (secondary N) is 1. The molecule has 2 aromatic carbocycles. The molecule has 138 valence electrons. The summed E-state index contributed by atoms with van der Waals surface area (Å²) >= 11 is 3.30. The molecule has 0 aliphatic carbocycles. The van der Waals surface area contributed by atoms with E-state index in [1.54, 1.807) is 36.4 Å². The van der Waals surface area contributed by atoms with Crippen LogP contribution in [-0.4, -0.2) is 38.2 Å². The van der Waals surface area contributed by atoms with E-state index in [0.717, 1.165) is 15.1 Å². The highest BCUT2D eigenvalue weighted by molar-refractivity contribution is 9.10. The second kappa shape index (κ2) is 7.71. The average Bonchev–Trinajstić information content (AvgIpc) is 2.63. The van der Waals surface area contributed by atoms with Gasteiger partial charge in [0, 0.05) is 30.5 Å². The van der Waals surface area contributed by atoms with Crippen molar-refractivity contribution in [1.82, 2.24) is 5.32 Å². The average molecular weight is 429 g/mol. The van der Waals surface area contributed by atoms with Crippen molar-refractivity contribution in [3.8, 4) is 0 Å². The number of rotatable bonds is 4. The first-order valence-electron chi connectivity index (χ1n) is 8.13. The minimum Gasteiger partial charge on any atom is -0.378 e.